The Labute approximate surface area is 205 Å². The van der Waals surface area contributed by atoms with Gasteiger partial charge in [0.15, 0.2) is 11.5 Å². The van der Waals surface area contributed by atoms with Crippen molar-refractivity contribution in [3.63, 3.8) is 0 Å². The maximum absolute atomic E-state index is 13.3. The van der Waals surface area contributed by atoms with Gasteiger partial charge in [0, 0.05) is 38.3 Å². The van der Waals surface area contributed by atoms with Gasteiger partial charge < -0.3 is 18.9 Å². The monoisotopic (exact) mass is 474 g/mol. The second-order valence-corrected chi connectivity index (χ2v) is 8.69. The topological polar surface area (TPSA) is 91.8 Å². The number of nitrogens with zero attached hydrogens (tertiary/aromatic N) is 4. The fraction of sp³-hybridized carbons (Fsp3) is 0.370. The predicted molar refractivity (Wildman–Crippen MR) is 130 cm³/mol. The molecule has 0 aliphatic carbocycles. The van der Waals surface area contributed by atoms with Gasteiger partial charge >= 0.3 is 0 Å². The number of amides is 1. The van der Waals surface area contributed by atoms with Crippen LogP contribution in [0.25, 0.3) is 0 Å². The molecule has 1 amide bonds. The summed E-state index contributed by atoms with van der Waals surface area (Å²) in [5.74, 6) is 1.79. The molecule has 4 rings (SSSR count). The number of aryl methyl sites for hydroxylation is 2. The number of hydrogen-bond donors (Lipinski definition) is 0. The summed E-state index contributed by atoms with van der Waals surface area (Å²) in [6, 6.07) is 15.1. The van der Waals surface area contributed by atoms with Crippen molar-refractivity contribution in [2.45, 2.75) is 33.4 Å². The van der Waals surface area contributed by atoms with Crippen LogP contribution in [0.5, 0.6) is 11.5 Å². The molecule has 1 aliphatic rings. The SMILES string of the molecule is COc1cc(C(=O)N2CCCN(Cc3ccc(C#N)cc3)CC2)ccc1OCc1c(C)noc1C. The lowest BCUT2D eigenvalue weighted by atomic mass is 10.1. The van der Waals surface area contributed by atoms with E-state index in [-0.39, 0.29) is 5.91 Å². The van der Waals surface area contributed by atoms with E-state index in [2.05, 4.69) is 16.1 Å². The minimum absolute atomic E-state index is 0.0132. The predicted octanol–water partition coefficient (Wildman–Crippen LogP) is 4.10. The van der Waals surface area contributed by atoms with Crippen LogP contribution < -0.4 is 9.47 Å². The van der Waals surface area contributed by atoms with E-state index in [1.54, 1.807) is 25.3 Å². The Morgan fingerprint density at radius 1 is 1.09 bits per heavy atom. The number of hydrogen-bond acceptors (Lipinski definition) is 7. The second-order valence-electron chi connectivity index (χ2n) is 8.69. The number of benzene rings is 2. The highest BCUT2D eigenvalue weighted by Gasteiger charge is 2.22. The highest BCUT2D eigenvalue weighted by molar-refractivity contribution is 5.95. The summed E-state index contributed by atoms with van der Waals surface area (Å²) in [6.45, 7) is 7.91. The van der Waals surface area contributed by atoms with Crippen LogP contribution in [0.1, 0.15) is 44.9 Å². The van der Waals surface area contributed by atoms with Gasteiger partial charge in [0.2, 0.25) is 0 Å². The quantitative estimate of drug-likeness (QED) is 0.509. The number of methoxy groups -OCH3 is 1. The molecule has 2 aromatic carbocycles. The molecule has 182 valence electrons. The third kappa shape index (κ3) is 5.81. The molecule has 8 nitrogen and oxygen atoms in total. The first-order valence-corrected chi connectivity index (χ1v) is 11.7. The normalized spacial score (nSPS) is 14.3. The number of carbonyl (C=O) groups is 1. The van der Waals surface area contributed by atoms with E-state index in [9.17, 15) is 4.79 Å². The van der Waals surface area contributed by atoms with Crippen LogP contribution in [0.3, 0.4) is 0 Å². The molecule has 1 aromatic heterocycles. The molecule has 0 bridgehead atoms. The molecule has 0 spiro atoms. The molecule has 2 heterocycles. The zero-order chi connectivity index (χ0) is 24.8. The van der Waals surface area contributed by atoms with Gasteiger partial charge in [0.25, 0.3) is 5.91 Å². The summed E-state index contributed by atoms with van der Waals surface area (Å²) in [5.41, 5.74) is 4.11. The van der Waals surface area contributed by atoms with E-state index < -0.39 is 0 Å². The van der Waals surface area contributed by atoms with Crippen LogP contribution in [0.15, 0.2) is 47.0 Å². The van der Waals surface area contributed by atoms with E-state index >= 15 is 0 Å². The van der Waals surface area contributed by atoms with E-state index in [1.165, 1.54) is 5.56 Å². The van der Waals surface area contributed by atoms with Crippen LogP contribution in [-0.2, 0) is 13.2 Å². The average Bonchev–Trinajstić information content (AvgIpc) is 3.06. The minimum atomic E-state index is -0.0132. The minimum Gasteiger partial charge on any atom is -0.493 e. The molecule has 8 heteroatoms. The van der Waals surface area contributed by atoms with Gasteiger partial charge in [-0.15, -0.1) is 0 Å². The van der Waals surface area contributed by atoms with Crippen LogP contribution in [0.4, 0.5) is 0 Å². The van der Waals surface area contributed by atoms with Crippen molar-refractivity contribution in [2.24, 2.45) is 0 Å². The molecule has 35 heavy (non-hydrogen) atoms. The molecule has 1 aliphatic heterocycles. The summed E-state index contributed by atoms with van der Waals surface area (Å²) >= 11 is 0. The van der Waals surface area contributed by atoms with Crippen molar-refractivity contribution in [1.29, 1.82) is 5.26 Å². The maximum atomic E-state index is 13.3. The van der Waals surface area contributed by atoms with Gasteiger partial charge in [-0.1, -0.05) is 17.3 Å². The van der Waals surface area contributed by atoms with Gasteiger partial charge in [-0.25, -0.2) is 0 Å². The fourth-order valence-corrected chi connectivity index (χ4v) is 4.24. The Morgan fingerprint density at radius 2 is 1.89 bits per heavy atom. The van der Waals surface area contributed by atoms with E-state index in [0.29, 0.717) is 42.3 Å². The van der Waals surface area contributed by atoms with Gasteiger partial charge in [0.1, 0.15) is 12.4 Å². The van der Waals surface area contributed by atoms with Crippen LogP contribution >= 0.6 is 0 Å². The van der Waals surface area contributed by atoms with Crippen molar-refractivity contribution >= 4 is 5.91 Å². The van der Waals surface area contributed by atoms with Crippen molar-refractivity contribution in [3.8, 4) is 17.6 Å². The molecular weight excluding hydrogens is 444 g/mol. The maximum Gasteiger partial charge on any atom is 0.254 e. The van der Waals surface area contributed by atoms with Gasteiger partial charge in [0.05, 0.1) is 30.0 Å². The second kappa shape index (κ2) is 11.1. The van der Waals surface area contributed by atoms with E-state index in [1.807, 2.05) is 43.0 Å². The van der Waals surface area contributed by atoms with Crippen LogP contribution in [-0.4, -0.2) is 54.2 Å². The molecular formula is C27H30N4O4. The van der Waals surface area contributed by atoms with Gasteiger partial charge in [-0.2, -0.15) is 5.26 Å². The lowest BCUT2D eigenvalue weighted by molar-refractivity contribution is 0.0760. The Balaban J connectivity index is 1.37. The average molecular weight is 475 g/mol. The number of rotatable bonds is 7. The summed E-state index contributed by atoms with van der Waals surface area (Å²) < 4.78 is 16.7. The lowest BCUT2D eigenvalue weighted by Gasteiger charge is -2.22. The molecule has 3 aromatic rings. The summed E-state index contributed by atoms with van der Waals surface area (Å²) in [4.78, 5) is 17.5. The zero-order valence-electron chi connectivity index (χ0n) is 20.4. The Bertz CT molecular complexity index is 1190. The highest BCUT2D eigenvalue weighted by Crippen LogP contribution is 2.30. The molecule has 0 N–H and O–H groups in total. The summed E-state index contributed by atoms with van der Waals surface area (Å²) in [5, 5.41) is 12.9. The molecule has 0 radical (unpaired) electrons. The van der Waals surface area contributed by atoms with E-state index in [0.717, 1.165) is 43.1 Å². The Morgan fingerprint density at radius 3 is 2.57 bits per heavy atom. The van der Waals surface area contributed by atoms with Crippen molar-refractivity contribution < 1.29 is 18.8 Å². The van der Waals surface area contributed by atoms with Crippen molar-refractivity contribution in [3.05, 3.63) is 76.2 Å². The van der Waals surface area contributed by atoms with Gasteiger partial charge in [-0.05, 0) is 56.2 Å². The number of nitriles is 1. The molecule has 0 atom stereocenters. The molecule has 1 fully saturated rings. The fourth-order valence-electron chi connectivity index (χ4n) is 4.24. The highest BCUT2D eigenvalue weighted by atomic mass is 16.5. The first kappa shape index (κ1) is 24.3. The van der Waals surface area contributed by atoms with Crippen molar-refractivity contribution in [1.82, 2.24) is 15.0 Å². The Hall–Kier alpha value is -3.83. The van der Waals surface area contributed by atoms with Crippen molar-refractivity contribution in [2.75, 3.05) is 33.3 Å². The molecule has 1 saturated heterocycles. The smallest absolute Gasteiger partial charge is 0.254 e. The standard InChI is InChI=1S/C27H30N4O4/c1-19-24(20(2)35-29-19)18-34-25-10-9-23(15-26(25)33-3)27(32)31-12-4-11-30(13-14-31)17-22-7-5-21(16-28)6-8-22/h5-10,15H,4,11-14,17-18H2,1-3H3. The first-order valence-electron chi connectivity index (χ1n) is 11.7. The third-order valence-electron chi connectivity index (χ3n) is 6.33. The molecule has 0 saturated carbocycles. The largest absolute Gasteiger partial charge is 0.493 e. The zero-order valence-corrected chi connectivity index (χ0v) is 20.4. The number of carbonyl (C=O) groups excluding carboxylic acids is 1. The van der Waals surface area contributed by atoms with Crippen LogP contribution in [0.2, 0.25) is 0 Å². The Kier molecular flexibility index (Phi) is 7.68. The lowest BCUT2D eigenvalue weighted by Crippen LogP contribution is -2.35. The first-order chi connectivity index (χ1) is 17.0. The molecule has 0 unspecified atom stereocenters. The summed E-state index contributed by atoms with van der Waals surface area (Å²) in [7, 11) is 1.57. The van der Waals surface area contributed by atoms with Gasteiger partial charge in [-0.3, -0.25) is 9.69 Å². The third-order valence-corrected chi connectivity index (χ3v) is 6.33. The van der Waals surface area contributed by atoms with Crippen LogP contribution in [0, 0.1) is 25.2 Å². The van der Waals surface area contributed by atoms with E-state index in [4.69, 9.17) is 19.3 Å². The number of ether oxygens (including phenoxy) is 2. The number of aromatic nitrogens is 1. The summed E-state index contributed by atoms with van der Waals surface area (Å²) in [6.07, 6.45) is 0.901.